The molecule has 3 heteroatoms. The summed E-state index contributed by atoms with van der Waals surface area (Å²) in [5.74, 6) is 0.437. The topological polar surface area (TPSA) is 29.1 Å². The van der Waals surface area contributed by atoms with Crippen molar-refractivity contribution in [3.05, 3.63) is 0 Å². The molecule has 1 spiro atoms. The number of hydrogen-bond donors (Lipinski definition) is 1. The quantitative estimate of drug-likeness (QED) is 0.605. The second-order valence-corrected chi connectivity index (χ2v) is 4.02. The Hall–Kier alpha value is -0.0200. The van der Waals surface area contributed by atoms with Gasteiger partial charge in [-0.1, -0.05) is 0 Å². The molecule has 1 aliphatic heterocycles. The van der Waals surface area contributed by atoms with Gasteiger partial charge in [0.15, 0.2) is 5.78 Å². The van der Waals surface area contributed by atoms with E-state index in [1.807, 2.05) is 0 Å². The Morgan fingerprint density at radius 3 is 2.80 bits per heavy atom. The fourth-order valence-corrected chi connectivity index (χ4v) is 2.76. The number of rotatable bonds is 1. The van der Waals surface area contributed by atoms with Crippen LogP contribution in [0, 0.1) is 5.41 Å². The van der Waals surface area contributed by atoms with Crippen LogP contribution in [0.5, 0.6) is 0 Å². The molecule has 1 saturated carbocycles. The zero-order valence-corrected chi connectivity index (χ0v) is 6.83. The lowest BCUT2D eigenvalue weighted by atomic mass is 10.1. The van der Waals surface area contributed by atoms with Crippen LogP contribution in [-0.4, -0.2) is 24.0 Å². The van der Waals surface area contributed by atoms with Crippen molar-refractivity contribution in [2.24, 2.45) is 5.41 Å². The number of hydrogen-bond acceptors (Lipinski definition) is 3. The Morgan fingerprint density at radius 1 is 1.70 bits per heavy atom. The van der Waals surface area contributed by atoms with E-state index in [4.69, 9.17) is 0 Å². The van der Waals surface area contributed by atoms with Crippen LogP contribution in [0.1, 0.15) is 12.8 Å². The normalized spacial score (nSPS) is 35.3. The summed E-state index contributed by atoms with van der Waals surface area (Å²) < 4.78 is 0. The molecule has 1 saturated heterocycles. The summed E-state index contributed by atoms with van der Waals surface area (Å²) in [4.78, 5) is 11.3. The molecule has 2 fully saturated rings. The van der Waals surface area contributed by atoms with E-state index in [-0.39, 0.29) is 5.41 Å². The lowest BCUT2D eigenvalue weighted by Crippen LogP contribution is -2.24. The van der Waals surface area contributed by atoms with Crippen LogP contribution < -0.4 is 5.32 Å². The Bertz CT molecular complexity index is 176. The largest absolute Gasteiger partial charge is 0.298 e. The van der Waals surface area contributed by atoms with Crippen LogP contribution in [-0.2, 0) is 4.79 Å². The summed E-state index contributed by atoms with van der Waals surface area (Å²) in [6, 6.07) is 0. The minimum atomic E-state index is 0.0828. The Labute approximate surface area is 64.8 Å². The fourth-order valence-electron chi connectivity index (χ4n) is 1.69. The van der Waals surface area contributed by atoms with Crippen molar-refractivity contribution in [1.29, 1.82) is 0 Å². The van der Waals surface area contributed by atoms with Gasteiger partial charge in [0.2, 0.25) is 0 Å². The van der Waals surface area contributed by atoms with E-state index in [1.54, 1.807) is 11.8 Å². The van der Waals surface area contributed by atoms with Gasteiger partial charge in [0, 0.05) is 0 Å². The zero-order chi connectivity index (χ0) is 7.19. The molecule has 1 aliphatic carbocycles. The average Bonchev–Trinajstić information content (AvgIpc) is 2.63. The lowest BCUT2D eigenvalue weighted by molar-refractivity contribution is -0.120. The molecule has 2 aliphatic rings. The lowest BCUT2D eigenvalue weighted by Gasteiger charge is -2.12. The van der Waals surface area contributed by atoms with Gasteiger partial charge in [-0.3, -0.25) is 10.1 Å². The maximum atomic E-state index is 11.3. The summed E-state index contributed by atoms with van der Waals surface area (Å²) >= 11 is 1.77. The van der Waals surface area contributed by atoms with Crippen molar-refractivity contribution >= 4 is 17.5 Å². The van der Waals surface area contributed by atoms with Gasteiger partial charge in [0.25, 0.3) is 0 Å². The average molecular weight is 157 g/mol. The van der Waals surface area contributed by atoms with Gasteiger partial charge in [-0.2, -0.15) is 0 Å². The van der Waals surface area contributed by atoms with E-state index in [0.717, 1.165) is 12.8 Å². The number of thioether (sulfide) groups is 1. The summed E-state index contributed by atoms with van der Waals surface area (Å²) in [7, 11) is 0. The van der Waals surface area contributed by atoms with Crippen molar-refractivity contribution in [1.82, 2.24) is 5.32 Å². The first-order valence-electron chi connectivity index (χ1n) is 3.59. The number of carbonyl (C=O) groups is 1. The van der Waals surface area contributed by atoms with Crippen molar-refractivity contribution in [2.75, 3.05) is 12.8 Å². The molecule has 0 aromatic rings. The summed E-state index contributed by atoms with van der Waals surface area (Å²) in [5.41, 5.74) is 0.0828. The number of nitrogens with one attached hydrogen (secondary N) is 1. The second-order valence-electron chi connectivity index (χ2n) is 3.08. The fraction of sp³-hybridized carbons (Fsp3) is 0.857. The standard InChI is InChI=1S/C7H11NOS/c1-10-6-7(2-3-7)5(9)4-8-6/h6,8H,2-4H2,1H3. The van der Waals surface area contributed by atoms with Crippen LogP contribution in [0.3, 0.4) is 0 Å². The van der Waals surface area contributed by atoms with E-state index in [2.05, 4.69) is 11.6 Å². The minimum Gasteiger partial charge on any atom is -0.298 e. The predicted molar refractivity (Wildman–Crippen MR) is 42.0 cm³/mol. The van der Waals surface area contributed by atoms with Gasteiger partial charge in [-0.15, -0.1) is 11.8 Å². The first-order chi connectivity index (χ1) is 4.79. The van der Waals surface area contributed by atoms with E-state index in [9.17, 15) is 4.79 Å². The third kappa shape index (κ3) is 0.676. The number of Topliss-reactive ketones (excluding diaryl/α,β-unsaturated/α-hetero) is 1. The first-order valence-corrected chi connectivity index (χ1v) is 4.88. The van der Waals surface area contributed by atoms with E-state index < -0.39 is 0 Å². The molecule has 56 valence electrons. The Balaban J connectivity index is 2.18. The highest BCUT2D eigenvalue weighted by atomic mass is 32.2. The van der Waals surface area contributed by atoms with Crippen molar-refractivity contribution in [3.8, 4) is 0 Å². The van der Waals surface area contributed by atoms with Gasteiger partial charge < -0.3 is 0 Å². The highest BCUT2D eigenvalue weighted by Gasteiger charge is 2.58. The number of ketones is 1. The summed E-state index contributed by atoms with van der Waals surface area (Å²) in [6.07, 6.45) is 4.30. The molecule has 0 aromatic heterocycles. The molecule has 2 nitrogen and oxygen atoms in total. The van der Waals surface area contributed by atoms with Gasteiger partial charge in [-0.25, -0.2) is 0 Å². The molecule has 0 amide bonds. The SMILES string of the molecule is CSC1NCC(=O)C12CC2. The zero-order valence-electron chi connectivity index (χ0n) is 6.02. The molecular weight excluding hydrogens is 146 g/mol. The molecule has 0 bridgehead atoms. The van der Waals surface area contributed by atoms with E-state index >= 15 is 0 Å². The van der Waals surface area contributed by atoms with Crippen LogP contribution >= 0.6 is 11.8 Å². The third-order valence-corrected chi connectivity index (χ3v) is 3.62. The van der Waals surface area contributed by atoms with Crippen LogP contribution in [0.15, 0.2) is 0 Å². The smallest absolute Gasteiger partial charge is 0.155 e. The van der Waals surface area contributed by atoms with Gasteiger partial charge >= 0.3 is 0 Å². The molecule has 1 heterocycles. The van der Waals surface area contributed by atoms with Crippen LogP contribution in [0.25, 0.3) is 0 Å². The van der Waals surface area contributed by atoms with Gasteiger partial charge in [0.05, 0.1) is 17.3 Å². The molecular formula is C7H11NOS. The van der Waals surface area contributed by atoms with E-state index in [1.165, 1.54) is 0 Å². The van der Waals surface area contributed by atoms with Crippen molar-refractivity contribution in [3.63, 3.8) is 0 Å². The highest BCUT2D eigenvalue weighted by Crippen LogP contribution is 2.54. The number of carbonyl (C=O) groups excluding carboxylic acids is 1. The molecule has 1 atom stereocenters. The minimum absolute atomic E-state index is 0.0828. The molecule has 0 radical (unpaired) electrons. The maximum absolute atomic E-state index is 11.3. The van der Waals surface area contributed by atoms with Crippen LogP contribution in [0.2, 0.25) is 0 Å². The first kappa shape index (κ1) is 6.68. The monoisotopic (exact) mass is 157 g/mol. The molecule has 1 N–H and O–H groups in total. The maximum Gasteiger partial charge on any atom is 0.155 e. The molecule has 10 heavy (non-hydrogen) atoms. The Kier molecular flexibility index (Phi) is 1.32. The summed E-state index contributed by atoms with van der Waals surface area (Å²) in [6.45, 7) is 0.603. The van der Waals surface area contributed by atoms with Crippen molar-refractivity contribution in [2.45, 2.75) is 18.2 Å². The van der Waals surface area contributed by atoms with Gasteiger partial charge in [-0.05, 0) is 19.1 Å². The second kappa shape index (κ2) is 1.98. The molecule has 1 unspecified atom stereocenters. The third-order valence-electron chi connectivity index (χ3n) is 2.53. The Morgan fingerprint density at radius 2 is 2.40 bits per heavy atom. The highest BCUT2D eigenvalue weighted by molar-refractivity contribution is 7.99. The van der Waals surface area contributed by atoms with Crippen molar-refractivity contribution < 1.29 is 4.79 Å². The predicted octanol–water partition coefficient (Wildman–Crippen LogP) is 0.628. The summed E-state index contributed by atoms with van der Waals surface area (Å²) in [5, 5.41) is 3.64. The molecule has 2 rings (SSSR count). The van der Waals surface area contributed by atoms with E-state index in [0.29, 0.717) is 17.7 Å². The molecule has 0 aromatic carbocycles. The van der Waals surface area contributed by atoms with Crippen LogP contribution in [0.4, 0.5) is 0 Å². The van der Waals surface area contributed by atoms with Gasteiger partial charge in [0.1, 0.15) is 0 Å².